The average Bonchev–Trinajstić information content (AvgIpc) is 2.95. The van der Waals surface area contributed by atoms with E-state index in [0.29, 0.717) is 48.4 Å². The summed E-state index contributed by atoms with van der Waals surface area (Å²) < 4.78 is 22.8. The summed E-state index contributed by atoms with van der Waals surface area (Å²) in [6.07, 6.45) is 8.94. The van der Waals surface area contributed by atoms with Gasteiger partial charge < -0.3 is 18.9 Å². The maximum absolute atomic E-state index is 13.5. The summed E-state index contributed by atoms with van der Waals surface area (Å²) in [6.45, 7) is 7.32. The molecule has 0 spiro atoms. The number of carbonyl (C=O) groups is 3. The van der Waals surface area contributed by atoms with Crippen LogP contribution >= 0.6 is 11.6 Å². The van der Waals surface area contributed by atoms with Crippen LogP contribution in [-0.4, -0.2) is 44.8 Å². The number of methoxy groups -OCH3 is 1. The van der Waals surface area contributed by atoms with Gasteiger partial charge in [-0.3, -0.25) is 14.9 Å². The van der Waals surface area contributed by atoms with Crippen molar-refractivity contribution in [2.75, 3.05) is 31.8 Å². The molecule has 0 unspecified atom stereocenters. The Labute approximate surface area is 246 Å². The third-order valence-corrected chi connectivity index (χ3v) is 6.64. The second kappa shape index (κ2) is 15.9. The van der Waals surface area contributed by atoms with Crippen LogP contribution < -0.4 is 29.2 Å². The third kappa shape index (κ3) is 8.39. The molecule has 0 bridgehead atoms. The van der Waals surface area contributed by atoms with Crippen molar-refractivity contribution in [3.63, 3.8) is 0 Å². The van der Waals surface area contributed by atoms with Gasteiger partial charge in [0.05, 0.1) is 37.6 Å². The predicted molar refractivity (Wildman–Crippen MR) is 159 cm³/mol. The molecule has 1 N–H and O–H groups in total. The summed E-state index contributed by atoms with van der Waals surface area (Å²) in [5, 5.41) is 2.51. The SMILES string of the molecule is CCCCCCCCOc1c(Cl)cc(/C=C2\C(=O)NC(=O)N(c3ccc(OCCC)c(OCC)c3)C2=O)cc1OC. The van der Waals surface area contributed by atoms with Crippen LogP contribution in [0.5, 0.6) is 23.0 Å². The molecular formula is C31H39ClN2O7. The van der Waals surface area contributed by atoms with Crippen molar-refractivity contribution in [3.05, 3.63) is 46.5 Å². The monoisotopic (exact) mass is 586 g/mol. The van der Waals surface area contributed by atoms with Crippen LogP contribution in [0.25, 0.3) is 6.08 Å². The molecule has 1 saturated heterocycles. The fraction of sp³-hybridized carbons (Fsp3) is 0.452. The lowest BCUT2D eigenvalue weighted by Gasteiger charge is -2.27. The topological polar surface area (TPSA) is 103 Å². The number of halogens is 1. The number of ether oxygens (including phenoxy) is 4. The van der Waals surface area contributed by atoms with Gasteiger partial charge in [0.15, 0.2) is 23.0 Å². The lowest BCUT2D eigenvalue weighted by molar-refractivity contribution is -0.122. The molecule has 41 heavy (non-hydrogen) atoms. The highest BCUT2D eigenvalue weighted by Crippen LogP contribution is 2.38. The Bertz CT molecular complexity index is 1260. The van der Waals surface area contributed by atoms with Crippen molar-refractivity contribution in [1.82, 2.24) is 5.32 Å². The van der Waals surface area contributed by atoms with Gasteiger partial charge in [0.1, 0.15) is 5.57 Å². The Hall–Kier alpha value is -3.72. The smallest absolute Gasteiger partial charge is 0.335 e. The largest absolute Gasteiger partial charge is 0.493 e. The minimum Gasteiger partial charge on any atom is -0.493 e. The molecule has 10 heteroatoms. The first-order valence-corrected chi connectivity index (χ1v) is 14.5. The van der Waals surface area contributed by atoms with Crippen molar-refractivity contribution >= 4 is 41.2 Å². The predicted octanol–water partition coefficient (Wildman–Crippen LogP) is 6.94. The number of carbonyl (C=O) groups excluding carboxylic acids is 3. The maximum atomic E-state index is 13.5. The average molecular weight is 587 g/mol. The number of nitrogens with zero attached hydrogens (tertiary/aromatic N) is 1. The highest BCUT2D eigenvalue weighted by Gasteiger charge is 2.37. The van der Waals surface area contributed by atoms with Crippen LogP contribution in [0.3, 0.4) is 0 Å². The summed E-state index contributed by atoms with van der Waals surface area (Å²) in [7, 11) is 1.49. The molecule has 0 aromatic heterocycles. The normalized spacial score (nSPS) is 14.3. The molecule has 0 radical (unpaired) electrons. The Morgan fingerprint density at radius 2 is 1.59 bits per heavy atom. The maximum Gasteiger partial charge on any atom is 0.335 e. The quantitative estimate of drug-likeness (QED) is 0.129. The molecule has 1 heterocycles. The lowest BCUT2D eigenvalue weighted by atomic mass is 10.1. The molecule has 1 fully saturated rings. The van der Waals surface area contributed by atoms with Gasteiger partial charge in [-0.25, -0.2) is 9.69 Å². The van der Waals surface area contributed by atoms with E-state index >= 15 is 0 Å². The fourth-order valence-electron chi connectivity index (χ4n) is 4.31. The first kappa shape index (κ1) is 31.8. The number of imide groups is 2. The van der Waals surface area contributed by atoms with Crippen LogP contribution in [0, 0.1) is 0 Å². The Balaban J connectivity index is 1.83. The molecule has 222 valence electrons. The summed E-state index contributed by atoms with van der Waals surface area (Å²) >= 11 is 6.52. The van der Waals surface area contributed by atoms with Crippen LogP contribution in [0.1, 0.15) is 71.3 Å². The van der Waals surface area contributed by atoms with Crippen LogP contribution in [0.4, 0.5) is 10.5 Å². The van der Waals surface area contributed by atoms with Crippen molar-refractivity contribution in [2.45, 2.75) is 65.7 Å². The Kier molecular flexibility index (Phi) is 12.3. The lowest BCUT2D eigenvalue weighted by Crippen LogP contribution is -2.54. The van der Waals surface area contributed by atoms with E-state index < -0.39 is 17.8 Å². The number of benzene rings is 2. The van der Waals surface area contributed by atoms with Crippen molar-refractivity contribution in [1.29, 1.82) is 0 Å². The molecular weight excluding hydrogens is 548 g/mol. The van der Waals surface area contributed by atoms with Gasteiger partial charge in [0.25, 0.3) is 11.8 Å². The van der Waals surface area contributed by atoms with Gasteiger partial charge in [-0.05, 0) is 55.7 Å². The number of amides is 4. The molecule has 0 atom stereocenters. The van der Waals surface area contributed by atoms with E-state index in [2.05, 4.69) is 12.2 Å². The fourth-order valence-corrected chi connectivity index (χ4v) is 4.59. The van der Waals surface area contributed by atoms with Crippen LogP contribution in [-0.2, 0) is 9.59 Å². The van der Waals surface area contributed by atoms with E-state index in [0.717, 1.165) is 30.6 Å². The first-order chi connectivity index (χ1) is 19.8. The second-order valence-electron chi connectivity index (χ2n) is 9.52. The molecule has 1 aliphatic heterocycles. The van der Waals surface area contributed by atoms with Crippen molar-refractivity contribution in [3.8, 4) is 23.0 Å². The molecule has 0 saturated carbocycles. The van der Waals surface area contributed by atoms with E-state index in [-0.39, 0.29) is 16.3 Å². The number of anilines is 1. The minimum absolute atomic E-state index is 0.229. The van der Waals surface area contributed by atoms with E-state index in [1.807, 2.05) is 13.8 Å². The Morgan fingerprint density at radius 3 is 2.29 bits per heavy atom. The number of barbiturate groups is 1. The summed E-state index contributed by atoms with van der Waals surface area (Å²) in [5.74, 6) is 0.0414. The van der Waals surface area contributed by atoms with Crippen molar-refractivity contribution in [2.24, 2.45) is 0 Å². The molecule has 2 aromatic carbocycles. The first-order valence-electron chi connectivity index (χ1n) is 14.2. The zero-order chi connectivity index (χ0) is 29.8. The highest BCUT2D eigenvalue weighted by molar-refractivity contribution is 6.39. The number of urea groups is 1. The number of hydrogen-bond acceptors (Lipinski definition) is 7. The number of rotatable bonds is 16. The molecule has 2 aromatic rings. The van der Waals surface area contributed by atoms with Gasteiger partial charge in [0.2, 0.25) is 0 Å². The molecule has 3 rings (SSSR count). The Morgan fingerprint density at radius 1 is 0.829 bits per heavy atom. The standard InChI is InChI=1S/C31H39ClN2O7/c1-5-8-9-10-11-12-16-41-28-24(32)18-21(19-27(28)38-4)17-23-29(35)33-31(37)34(30(23)36)22-13-14-25(40-15-6-2)26(20-22)39-7-3/h13-14,17-20H,5-12,15-16H2,1-4H3,(H,33,35,37)/b23-17+. The zero-order valence-corrected chi connectivity index (χ0v) is 25.0. The van der Waals surface area contributed by atoms with Crippen LogP contribution in [0.2, 0.25) is 5.02 Å². The van der Waals surface area contributed by atoms with Gasteiger partial charge in [0, 0.05) is 6.07 Å². The zero-order valence-electron chi connectivity index (χ0n) is 24.2. The van der Waals surface area contributed by atoms with E-state index in [1.54, 1.807) is 24.3 Å². The summed E-state index contributed by atoms with van der Waals surface area (Å²) in [6, 6.07) is 7.08. The van der Waals surface area contributed by atoms with Crippen molar-refractivity contribution < 1.29 is 33.3 Å². The second-order valence-corrected chi connectivity index (χ2v) is 9.93. The van der Waals surface area contributed by atoms with Gasteiger partial charge in [-0.1, -0.05) is 57.6 Å². The minimum atomic E-state index is -0.865. The molecule has 4 amide bonds. The third-order valence-electron chi connectivity index (χ3n) is 6.36. The van der Waals surface area contributed by atoms with Gasteiger partial charge >= 0.3 is 6.03 Å². The number of unbranched alkanes of at least 4 members (excludes halogenated alkanes) is 5. The summed E-state index contributed by atoms with van der Waals surface area (Å²) in [5.41, 5.74) is 0.421. The van der Waals surface area contributed by atoms with E-state index in [1.165, 1.54) is 38.5 Å². The van der Waals surface area contributed by atoms with Gasteiger partial charge in [-0.2, -0.15) is 0 Å². The van der Waals surface area contributed by atoms with Crippen LogP contribution in [0.15, 0.2) is 35.9 Å². The van der Waals surface area contributed by atoms with E-state index in [4.69, 9.17) is 30.5 Å². The molecule has 1 aliphatic rings. The molecule has 0 aliphatic carbocycles. The molecule has 9 nitrogen and oxygen atoms in total. The van der Waals surface area contributed by atoms with Gasteiger partial charge in [-0.15, -0.1) is 0 Å². The van der Waals surface area contributed by atoms with E-state index in [9.17, 15) is 14.4 Å². The number of hydrogen-bond donors (Lipinski definition) is 1. The number of nitrogens with one attached hydrogen (secondary N) is 1. The highest BCUT2D eigenvalue weighted by atomic mass is 35.5. The summed E-state index contributed by atoms with van der Waals surface area (Å²) in [4.78, 5) is 39.8.